The monoisotopic (exact) mass is 484 g/mol. The van der Waals surface area contributed by atoms with Crippen LogP contribution in [0.15, 0.2) is 42.7 Å². The van der Waals surface area contributed by atoms with E-state index >= 15 is 4.39 Å². The molecule has 8 nitrogen and oxygen atoms in total. The quantitative estimate of drug-likeness (QED) is 0.393. The summed E-state index contributed by atoms with van der Waals surface area (Å²) in [5.74, 6) is 0.526. The van der Waals surface area contributed by atoms with Gasteiger partial charge in [-0.2, -0.15) is 0 Å². The molecular weight excluding hydrogens is 459 g/mol. The third-order valence-corrected chi connectivity index (χ3v) is 6.94. The van der Waals surface area contributed by atoms with Crippen molar-refractivity contribution in [3.8, 4) is 17.0 Å². The van der Waals surface area contributed by atoms with E-state index in [-0.39, 0.29) is 17.6 Å². The Morgan fingerprint density at radius 3 is 2.92 bits per heavy atom. The zero-order valence-corrected chi connectivity index (χ0v) is 20.0. The molecule has 1 atom stereocenters. The lowest BCUT2D eigenvalue weighted by Crippen LogP contribution is -2.24. The Bertz CT molecular complexity index is 1520. The van der Waals surface area contributed by atoms with Crippen LogP contribution < -0.4 is 20.7 Å². The molecule has 2 aromatic carbocycles. The molecule has 0 radical (unpaired) electrons. The predicted octanol–water partition coefficient (Wildman–Crippen LogP) is 4.46. The van der Waals surface area contributed by atoms with Gasteiger partial charge in [0.1, 0.15) is 18.1 Å². The number of anilines is 3. The molecule has 2 aliphatic rings. The van der Waals surface area contributed by atoms with E-state index in [1.54, 1.807) is 25.5 Å². The van der Waals surface area contributed by atoms with Gasteiger partial charge in [-0.3, -0.25) is 4.79 Å². The molecule has 0 bridgehead atoms. The Kier molecular flexibility index (Phi) is 5.40. The minimum atomic E-state index is -0.363. The van der Waals surface area contributed by atoms with Crippen LogP contribution in [0, 0.1) is 12.7 Å². The van der Waals surface area contributed by atoms with Gasteiger partial charge in [0.25, 0.3) is 0 Å². The van der Waals surface area contributed by atoms with E-state index < -0.39 is 0 Å². The molecule has 1 aliphatic heterocycles. The van der Waals surface area contributed by atoms with Crippen LogP contribution in [0.3, 0.4) is 0 Å². The maximum absolute atomic E-state index is 15.1. The van der Waals surface area contributed by atoms with Gasteiger partial charge in [0.15, 0.2) is 0 Å². The zero-order chi connectivity index (χ0) is 24.8. The first-order chi connectivity index (χ1) is 17.5. The smallest absolute Gasteiger partial charge is 0.237 e. The predicted molar refractivity (Wildman–Crippen MR) is 136 cm³/mol. The van der Waals surface area contributed by atoms with E-state index in [9.17, 15) is 4.79 Å². The lowest BCUT2D eigenvalue weighted by atomic mass is 9.99. The summed E-state index contributed by atoms with van der Waals surface area (Å²) in [6.45, 7) is 3.15. The number of carbonyl (C=O) groups excluding carboxylic acids is 1. The summed E-state index contributed by atoms with van der Waals surface area (Å²) >= 11 is 0. The standard InChI is InChI=1S/C27H25FN6O2/c1-14-21(13-31-26-24(14)30-7-8-36-26)20-11-23-16(10-22(20)28)12-32-27(34-23)33-17-4-6-18-15(9-17)3-5-19(18)25(35)29-2/h4,6,9-13,19,30H,3,5,7-8H2,1-2H3,(H,29,35)(H,32,33,34)/t19-/m1/s1. The molecule has 1 amide bonds. The number of aromatic nitrogens is 3. The van der Waals surface area contributed by atoms with Gasteiger partial charge in [0.2, 0.25) is 17.7 Å². The number of hydrogen-bond acceptors (Lipinski definition) is 7. The number of nitrogens with zero attached hydrogens (tertiary/aromatic N) is 3. The van der Waals surface area contributed by atoms with Crippen molar-refractivity contribution < 1.29 is 13.9 Å². The van der Waals surface area contributed by atoms with E-state index in [0.29, 0.717) is 47.0 Å². The summed E-state index contributed by atoms with van der Waals surface area (Å²) in [5.41, 5.74) is 6.44. The molecule has 0 fully saturated rings. The van der Waals surface area contributed by atoms with E-state index in [1.807, 2.05) is 25.1 Å². The number of halogens is 1. The summed E-state index contributed by atoms with van der Waals surface area (Å²) < 4.78 is 20.7. The van der Waals surface area contributed by atoms with Crippen molar-refractivity contribution >= 4 is 34.1 Å². The molecule has 3 heterocycles. The Balaban J connectivity index is 1.32. The molecular formula is C27H25FN6O2. The molecule has 6 rings (SSSR count). The highest BCUT2D eigenvalue weighted by Gasteiger charge is 2.28. The second-order valence-corrected chi connectivity index (χ2v) is 9.08. The summed E-state index contributed by atoms with van der Waals surface area (Å²) in [6, 6.07) is 9.14. The van der Waals surface area contributed by atoms with Crippen LogP contribution in [0.2, 0.25) is 0 Å². The van der Waals surface area contributed by atoms with Crippen LogP contribution >= 0.6 is 0 Å². The molecule has 9 heteroatoms. The van der Waals surface area contributed by atoms with Gasteiger partial charge in [-0.15, -0.1) is 0 Å². The number of aryl methyl sites for hydroxylation is 1. The van der Waals surface area contributed by atoms with E-state index in [4.69, 9.17) is 4.74 Å². The fraction of sp³-hybridized carbons (Fsp3) is 0.259. The van der Waals surface area contributed by atoms with Gasteiger partial charge in [-0.05, 0) is 60.7 Å². The van der Waals surface area contributed by atoms with Gasteiger partial charge in [0, 0.05) is 48.2 Å². The molecule has 1 aliphatic carbocycles. The van der Waals surface area contributed by atoms with Crippen molar-refractivity contribution in [2.24, 2.45) is 0 Å². The van der Waals surface area contributed by atoms with Crippen molar-refractivity contribution in [3.63, 3.8) is 0 Å². The van der Waals surface area contributed by atoms with Crippen LogP contribution in [-0.4, -0.2) is 41.1 Å². The molecule has 0 spiro atoms. The highest BCUT2D eigenvalue weighted by molar-refractivity contribution is 5.87. The van der Waals surface area contributed by atoms with Crippen LogP contribution in [-0.2, 0) is 11.2 Å². The molecule has 2 aromatic heterocycles. The zero-order valence-electron chi connectivity index (χ0n) is 20.0. The number of benzene rings is 2. The normalized spacial score (nSPS) is 16.0. The minimum Gasteiger partial charge on any atom is -0.474 e. The second-order valence-electron chi connectivity index (χ2n) is 9.08. The van der Waals surface area contributed by atoms with Crippen molar-refractivity contribution in [1.29, 1.82) is 0 Å². The van der Waals surface area contributed by atoms with Gasteiger partial charge in [-0.1, -0.05) is 6.07 Å². The average Bonchev–Trinajstić information content (AvgIpc) is 3.32. The summed E-state index contributed by atoms with van der Waals surface area (Å²) in [7, 11) is 1.67. The fourth-order valence-corrected chi connectivity index (χ4v) is 5.08. The Morgan fingerprint density at radius 1 is 1.17 bits per heavy atom. The number of amides is 1. The lowest BCUT2D eigenvalue weighted by molar-refractivity contribution is -0.122. The topological polar surface area (TPSA) is 101 Å². The number of rotatable bonds is 4. The Morgan fingerprint density at radius 2 is 2.06 bits per heavy atom. The van der Waals surface area contributed by atoms with E-state index in [2.05, 4.69) is 30.9 Å². The van der Waals surface area contributed by atoms with Gasteiger partial charge in [-0.25, -0.2) is 19.3 Å². The average molecular weight is 485 g/mol. The molecule has 0 saturated carbocycles. The number of carbonyl (C=O) groups is 1. The van der Waals surface area contributed by atoms with Crippen molar-refractivity contribution in [1.82, 2.24) is 20.3 Å². The Hall–Kier alpha value is -4.27. The van der Waals surface area contributed by atoms with Crippen molar-refractivity contribution in [2.75, 3.05) is 30.8 Å². The minimum absolute atomic E-state index is 0.0445. The number of pyridine rings is 1. The van der Waals surface area contributed by atoms with E-state index in [1.165, 1.54) is 6.07 Å². The van der Waals surface area contributed by atoms with Crippen LogP contribution in [0.4, 0.5) is 21.7 Å². The summed E-state index contributed by atoms with van der Waals surface area (Å²) in [5, 5.41) is 9.90. The van der Waals surface area contributed by atoms with Gasteiger partial charge in [0.05, 0.1) is 11.4 Å². The van der Waals surface area contributed by atoms with Crippen LogP contribution in [0.25, 0.3) is 22.0 Å². The van der Waals surface area contributed by atoms with Gasteiger partial charge >= 0.3 is 0 Å². The summed E-state index contributed by atoms with van der Waals surface area (Å²) in [4.78, 5) is 25.5. The SMILES string of the molecule is CNC(=O)[C@@H]1CCc2cc(Nc3ncc4cc(F)c(-c5cnc6c(c5C)NCCO6)cc4n3)ccc21. The number of fused-ring (bicyclic) bond motifs is 3. The second kappa shape index (κ2) is 8.75. The molecule has 3 N–H and O–H groups in total. The maximum Gasteiger partial charge on any atom is 0.237 e. The first-order valence-corrected chi connectivity index (χ1v) is 12.0. The third-order valence-electron chi connectivity index (χ3n) is 6.94. The summed E-state index contributed by atoms with van der Waals surface area (Å²) in [6.07, 6.45) is 4.90. The molecule has 0 unspecified atom stereocenters. The Labute approximate surface area is 207 Å². The fourth-order valence-electron chi connectivity index (χ4n) is 5.08. The molecule has 0 saturated heterocycles. The molecule has 4 aromatic rings. The van der Waals surface area contributed by atoms with Crippen molar-refractivity contribution in [3.05, 3.63) is 65.2 Å². The number of likely N-dealkylation sites (N-methyl/N-ethyl adjacent to an activating group) is 1. The molecule has 36 heavy (non-hydrogen) atoms. The van der Waals surface area contributed by atoms with Crippen molar-refractivity contribution in [2.45, 2.75) is 25.7 Å². The van der Waals surface area contributed by atoms with Crippen LogP contribution in [0.5, 0.6) is 5.88 Å². The number of hydrogen-bond donors (Lipinski definition) is 3. The molecule has 182 valence electrons. The first-order valence-electron chi connectivity index (χ1n) is 12.0. The highest BCUT2D eigenvalue weighted by Crippen LogP contribution is 2.38. The third kappa shape index (κ3) is 3.77. The number of nitrogens with one attached hydrogen (secondary N) is 3. The first kappa shape index (κ1) is 22.2. The van der Waals surface area contributed by atoms with E-state index in [0.717, 1.165) is 40.9 Å². The van der Waals surface area contributed by atoms with Crippen LogP contribution in [0.1, 0.15) is 29.0 Å². The largest absolute Gasteiger partial charge is 0.474 e. The number of ether oxygens (including phenoxy) is 1. The van der Waals surface area contributed by atoms with Gasteiger partial charge < -0.3 is 20.7 Å². The highest BCUT2D eigenvalue weighted by atomic mass is 19.1. The maximum atomic E-state index is 15.1. The lowest BCUT2D eigenvalue weighted by Gasteiger charge is -2.21.